The number of ether oxygens (including phenoxy) is 2. The second-order valence-electron chi connectivity index (χ2n) is 7.80. The van der Waals surface area contributed by atoms with Crippen LogP contribution in [0.2, 0.25) is 0 Å². The number of nitrogens with one attached hydrogen (secondary N) is 1. The Balaban J connectivity index is 1.72. The molecule has 150 valence electrons. The molecular formula is C24H26N2O3. The number of nitrogens with zero attached hydrogens (tertiary/aromatic N) is 1. The molecule has 0 fully saturated rings. The minimum absolute atomic E-state index is 0.0471. The van der Waals surface area contributed by atoms with Crippen molar-refractivity contribution in [3.63, 3.8) is 0 Å². The van der Waals surface area contributed by atoms with Gasteiger partial charge in [-0.1, -0.05) is 39.0 Å². The minimum Gasteiger partial charge on any atom is -0.493 e. The molecule has 0 bridgehead atoms. The maximum atomic E-state index is 12.6. The molecule has 3 aromatic rings. The summed E-state index contributed by atoms with van der Waals surface area (Å²) in [5.74, 6) is 0.979. The Morgan fingerprint density at radius 3 is 2.41 bits per heavy atom. The smallest absolute Gasteiger partial charge is 0.255 e. The fraction of sp³-hybridized carbons (Fsp3) is 0.250. The van der Waals surface area contributed by atoms with Crippen LogP contribution in [0.25, 0.3) is 0 Å². The summed E-state index contributed by atoms with van der Waals surface area (Å²) in [5, 5.41) is 2.92. The zero-order valence-electron chi connectivity index (χ0n) is 17.2. The minimum atomic E-state index is -0.172. The van der Waals surface area contributed by atoms with Crippen molar-refractivity contribution in [1.82, 2.24) is 4.98 Å². The topological polar surface area (TPSA) is 60.5 Å². The Labute approximate surface area is 171 Å². The molecule has 0 aliphatic carbocycles. The number of hydrogen-bond acceptors (Lipinski definition) is 4. The molecular weight excluding hydrogens is 364 g/mol. The van der Waals surface area contributed by atoms with E-state index in [0.29, 0.717) is 29.4 Å². The molecule has 3 rings (SSSR count). The lowest BCUT2D eigenvalue weighted by atomic mass is 9.87. The second-order valence-corrected chi connectivity index (χ2v) is 7.80. The number of benzene rings is 2. The van der Waals surface area contributed by atoms with Crippen molar-refractivity contribution < 1.29 is 14.3 Å². The number of rotatable bonds is 6. The highest BCUT2D eigenvalue weighted by atomic mass is 16.5. The largest absolute Gasteiger partial charge is 0.493 e. The molecule has 0 unspecified atom stereocenters. The maximum absolute atomic E-state index is 12.6. The first kappa shape index (κ1) is 20.4. The SMILES string of the molecule is COc1ccc(NC(=O)c2ccc(C(C)(C)C)cc2)cc1OCc1cccnc1. The van der Waals surface area contributed by atoms with Crippen molar-refractivity contribution in [2.24, 2.45) is 0 Å². The first-order valence-corrected chi connectivity index (χ1v) is 9.48. The molecule has 1 N–H and O–H groups in total. The van der Waals surface area contributed by atoms with Gasteiger partial charge in [-0.25, -0.2) is 0 Å². The van der Waals surface area contributed by atoms with Crippen molar-refractivity contribution in [3.8, 4) is 11.5 Å². The van der Waals surface area contributed by atoms with E-state index in [-0.39, 0.29) is 11.3 Å². The third-order valence-electron chi connectivity index (χ3n) is 4.55. The molecule has 0 saturated carbocycles. The zero-order chi connectivity index (χ0) is 20.9. The number of carbonyl (C=O) groups is 1. The van der Waals surface area contributed by atoms with Crippen LogP contribution in [-0.4, -0.2) is 18.0 Å². The zero-order valence-corrected chi connectivity index (χ0v) is 17.2. The summed E-state index contributed by atoms with van der Waals surface area (Å²) < 4.78 is 11.2. The fourth-order valence-corrected chi connectivity index (χ4v) is 2.84. The van der Waals surface area contributed by atoms with Gasteiger partial charge in [-0.2, -0.15) is 0 Å². The summed E-state index contributed by atoms with van der Waals surface area (Å²) in [6.07, 6.45) is 3.47. The number of amides is 1. The molecule has 1 amide bonds. The highest BCUT2D eigenvalue weighted by Gasteiger charge is 2.15. The van der Waals surface area contributed by atoms with Gasteiger partial charge in [0.25, 0.3) is 5.91 Å². The number of aromatic nitrogens is 1. The van der Waals surface area contributed by atoms with E-state index in [0.717, 1.165) is 5.56 Å². The van der Waals surface area contributed by atoms with Gasteiger partial charge in [0.1, 0.15) is 6.61 Å². The third kappa shape index (κ3) is 5.35. The van der Waals surface area contributed by atoms with Gasteiger partial charge in [-0.3, -0.25) is 9.78 Å². The average molecular weight is 390 g/mol. The van der Waals surface area contributed by atoms with Gasteiger partial charge in [0, 0.05) is 35.3 Å². The Kier molecular flexibility index (Phi) is 6.17. The quantitative estimate of drug-likeness (QED) is 0.627. The third-order valence-corrected chi connectivity index (χ3v) is 4.55. The average Bonchev–Trinajstić information content (AvgIpc) is 2.72. The van der Waals surface area contributed by atoms with Crippen LogP contribution in [-0.2, 0) is 12.0 Å². The van der Waals surface area contributed by atoms with Crippen LogP contribution in [0.4, 0.5) is 5.69 Å². The van der Waals surface area contributed by atoms with Crippen LogP contribution in [0.3, 0.4) is 0 Å². The van der Waals surface area contributed by atoms with Crippen LogP contribution in [0.15, 0.2) is 67.0 Å². The predicted molar refractivity (Wildman–Crippen MR) is 115 cm³/mol. The van der Waals surface area contributed by atoms with Crippen LogP contribution >= 0.6 is 0 Å². The molecule has 0 radical (unpaired) electrons. The van der Waals surface area contributed by atoms with E-state index in [9.17, 15) is 4.79 Å². The van der Waals surface area contributed by atoms with Crippen molar-refractivity contribution in [2.45, 2.75) is 32.8 Å². The lowest BCUT2D eigenvalue weighted by Crippen LogP contribution is -2.14. The molecule has 0 aliphatic rings. The number of carbonyl (C=O) groups excluding carboxylic acids is 1. The molecule has 5 heteroatoms. The number of methoxy groups -OCH3 is 1. The van der Waals surface area contributed by atoms with E-state index in [1.807, 2.05) is 36.4 Å². The Hall–Kier alpha value is -3.34. The van der Waals surface area contributed by atoms with Crippen molar-refractivity contribution in [1.29, 1.82) is 0 Å². The molecule has 0 spiro atoms. The Morgan fingerprint density at radius 2 is 1.79 bits per heavy atom. The van der Waals surface area contributed by atoms with Gasteiger partial charge in [0.2, 0.25) is 0 Å². The number of hydrogen-bond donors (Lipinski definition) is 1. The van der Waals surface area contributed by atoms with Gasteiger partial charge >= 0.3 is 0 Å². The normalized spacial score (nSPS) is 11.0. The first-order chi connectivity index (χ1) is 13.9. The summed E-state index contributed by atoms with van der Waals surface area (Å²) in [5.41, 5.74) is 3.42. The van der Waals surface area contributed by atoms with Gasteiger partial charge in [0.15, 0.2) is 11.5 Å². The van der Waals surface area contributed by atoms with E-state index < -0.39 is 0 Å². The molecule has 1 heterocycles. The highest BCUT2D eigenvalue weighted by Crippen LogP contribution is 2.31. The van der Waals surface area contributed by atoms with E-state index in [4.69, 9.17) is 9.47 Å². The number of pyridine rings is 1. The molecule has 29 heavy (non-hydrogen) atoms. The molecule has 2 aromatic carbocycles. The Morgan fingerprint density at radius 1 is 1.03 bits per heavy atom. The standard InChI is InChI=1S/C24H26N2O3/c1-24(2,3)19-9-7-18(8-10-19)23(27)26-20-11-12-21(28-4)22(14-20)29-16-17-6-5-13-25-15-17/h5-15H,16H2,1-4H3,(H,26,27). The summed E-state index contributed by atoms with van der Waals surface area (Å²) in [7, 11) is 1.58. The van der Waals surface area contributed by atoms with Gasteiger partial charge in [-0.15, -0.1) is 0 Å². The molecule has 5 nitrogen and oxygen atoms in total. The Bertz CT molecular complexity index is 962. The van der Waals surface area contributed by atoms with Crippen LogP contribution < -0.4 is 14.8 Å². The highest BCUT2D eigenvalue weighted by molar-refractivity contribution is 6.04. The molecule has 0 atom stereocenters. The molecule has 0 saturated heterocycles. The van der Waals surface area contributed by atoms with Crippen molar-refractivity contribution in [3.05, 3.63) is 83.7 Å². The van der Waals surface area contributed by atoms with Crippen LogP contribution in [0, 0.1) is 0 Å². The summed E-state index contributed by atoms with van der Waals surface area (Å²) in [6, 6.07) is 16.8. The predicted octanol–water partition coefficient (Wildman–Crippen LogP) is 5.22. The number of anilines is 1. The second kappa shape index (κ2) is 8.78. The lowest BCUT2D eigenvalue weighted by molar-refractivity contribution is 0.102. The van der Waals surface area contributed by atoms with Crippen LogP contribution in [0.1, 0.15) is 42.3 Å². The van der Waals surface area contributed by atoms with E-state index in [1.165, 1.54) is 5.56 Å². The summed E-state index contributed by atoms with van der Waals surface area (Å²) >= 11 is 0. The maximum Gasteiger partial charge on any atom is 0.255 e. The van der Waals surface area contributed by atoms with Gasteiger partial charge in [-0.05, 0) is 41.3 Å². The van der Waals surface area contributed by atoms with E-state index in [1.54, 1.807) is 37.7 Å². The first-order valence-electron chi connectivity index (χ1n) is 9.48. The van der Waals surface area contributed by atoms with Crippen molar-refractivity contribution >= 4 is 11.6 Å². The van der Waals surface area contributed by atoms with Crippen LogP contribution in [0.5, 0.6) is 11.5 Å². The fourth-order valence-electron chi connectivity index (χ4n) is 2.84. The monoisotopic (exact) mass is 390 g/mol. The lowest BCUT2D eigenvalue weighted by Gasteiger charge is -2.19. The van der Waals surface area contributed by atoms with Crippen molar-refractivity contribution in [2.75, 3.05) is 12.4 Å². The summed E-state index contributed by atoms with van der Waals surface area (Å²) in [6.45, 7) is 6.79. The summed E-state index contributed by atoms with van der Waals surface area (Å²) in [4.78, 5) is 16.7. The molecule has 0 aliphatic heterocycles. The van der Waals surface area contributed by atoms with E-state index >= 15 is 0 Å². The van der Waals surface area contributed by atoms with Gasteiger partial charge in [0.05, 0.1) is 7.11 Å². The molecule has 1 aromatic heterocycles. The van der Waals surface area contributed by atoms with Gasteiger partial charge < -0.3 is 14.8 Å². The van der Waals surface area contributed by atoms with E-state index in [2.05, 4.69) is 31.1 Å².